The average Bonchev–Trinajstić information content (AvgIpc) is 2.37. The first-order valence-corrected chi connectivity index (χ1v) is 7.30. The topological polar surface area (TPSA) is 20.3 Å². The van der Waals surface area contributed by atoms with Crippen molar-refractivity contribution in [2.24, 2.45) is 0 Å². The molecule has 0 unspecified atom stereocenters. The molecule has 0 N–H and O–H groups in total. The number of hydrogen-bond donors (Lipinski definition) is 0. The van der Waals surface area contributed by atoms with E-state index < -0.39 is 0 Å². The fourth-order valence-electron chi connectivity index (χ4n) is 1.68. The standard InChI is InChI=1S/C14H19BrFNO/c1-17(10-6-2-5-9-15)14(18)11-12-7-3-4-8-13(12)16/h3-4,7-8H,2,5-6,9-11H2,1H3. The lowest BCUT2D eigenvalue weighted by atomic mass is 10.1. The van der Waals surface area contributed by atoms with Crippen LogP contribution >= 0.6 is 15.9 Å². The van der Waals surface area contributed by atoms with E-state index in [1.54, 1.807) is 30.1 Å². The molecule has 0 atom stereocenters. The van der Waals surface area contributed by atoms with Crippen molar-refractivity contribution >= 4 is 21.8 Å². The number of hydrogen-bond acceptors (Lipinski definition) is 1. The van der Waals surface area contributed by atoms with Crippen LogP contribution in [-0.4, -0.2) is 29.7 Å². The molecule has 0 bridgehead atoms. The molecule has 0 saturated heterocycles. The maximum atomic E-state index is 13.4. The first-order chi connectivity index (χ1) is 8.65. The lowest BCUT2D eigenvalue weighted by Gasteiger charge is -2.17. The van der Waals surface area contributed by atoms with Crippen molar-refractivity contribution in [1.29, 1.82) is 0 Å². The summed E-state index contributed by atoms with van der Waals surface area (Å²) in [7, 11) is 1.78. The Morgan fingerprint density at radius 2 is 2.00 bits per heavy atom. The Morgan fingerprint density at radius 3 is 2.67 bits per heavy atom. The minimum absolute atomic E-state index is 0.0288. The van der Waals surface area contributed by atoms with E-state index in [0.29, 0.717) is 5.56 Å². The Morgan fingerprint density at radius 1 is 1.28 bits per heavy atom. The molecule has 0 saturated carbocycles. The Hall–Kier alpha value is -0.900. The number of alkyl halides is 1. The van der Waals surface area contributed by atoms with E-state index in [0.717, 1.165) is 31.1 Å². The third-order valence-electron chi connectivity index (χ3n) is 2.85. The van der Waals surface area contributed by atoms with Gasteiger partial charge in [-0.1, -0.05) is 40.5 Å². The van der Waals surface area contributed by atoms with Gasteiger partial charge in [0, 0.05) is 18.9 Å². The van der Waals surface area contributed by atoms with E-state index in [1.807, 2.05) is 0 Å². The van der Waals surface area contributed by atoms with Gasteiger partial charge in [0.2, 0.25) is 5.91 Å². The minimum atomic E-state index is -0.307. The molecule has 1 aromatic rings. The number of benzene rings is 1. The molecule has 1 aromatic carbocycles. The smallest absolute Gasteiger partial charge is 0.226 e. The van der Waals surface area contributed by atoms with Crippen LogP contribution in [0.1, 0.15) is 24.8 Å². The summed E-state index contributed by atoms with van der Waals surface area (Å²) in [5.41, 5.74) is 0.467. The molecule has 1 rings (SSSR count). The molecule has 0 aliphatic carbocycles. The maximum absolute atomic E-state index is 13.4. The SMILES string of the molecule is CN(CCCCCBr)C(=O)Cc1ccccc1F. The molecule has 0 radical (unpaired) electrons. The molecule has 0 aromatic heterocycles. The second-order valence-electron chi connectivity index (χ2n) is 4.33. The van der Waals surface area contributed by atoms with Gasteiger partial charge in [-0.15, -0.1) is 0 Å². The van der Waals surface area contributed by atoms with Gasteiger partial charge < -0.3 is 4.90 Å². The number of rotatable bonds is 7. The van der Waals surface area contributed by atoms with Crippen molar-refractivity contribution in [1.82, 2.24) is 4.90 Å². The lowest BCUT2D eigenvalue weighted by Crippen LogP contribution is -2.29. The van der Waals surface area contributed by atoms with Crippen LogP contribution in [0.3, 0.4) is 0 Å². The summed E-state index contributed by atoms with van der Waals surface area (Å²) in [6, 6.07) is 6.43. The van der Waals surface area contributed by atoms with Crippen molar-refractivity contribution in [3.63, 3.8) is 0 Å². The fraction of sp³-hybridized carbons (Fsp3) is 0.500. The van der Waals surface area contributed by atoms with Crippen LogP contribution in [0.4, 0.5) is 4.39 Å². The Balaban J connectivity index is 2.38. The molecule has 0 aliphatic rings. The van der Waals surface area contributed by atoms with Crippen LogP contribution in [0.15, 0.2) is 24.3 Å². The van der Waals surface area contributed by atoms with Crippen LogP contribution in [0.25, 0.3) is 0 Å². The summed E-state index contributed by atoms with van der Waals surface area (Å²) in [5, 5.41) is 1.000. The highest BCUT2D eigenvalue weighted by molar-refractivity contribution is 9.09. The molecule has 0 heterocycles. The number of amides is 1. The van der Waals surface area contributed by atoms with E-state index in [2.05, 4.69) is 15.9 Å². The Labute approximate surface area is 116 Å². The van der Waals surface area contributed by atoms with Gasteiger partial charge in [0.1, 0.15) is 5.82 Å². The second-order valence-corrected chi connectivity index (χ2v) is 5.13. The summed E-state index contributed by atoms with van der Waals surface area (Å²) in [4.78, 5) is 13.6. The van der Waals surface area contributed by atoms with Crippen LogP contribution < -0.4 is 0 Å². The molecule has 0 aliphatic heterocycles. The highest BCUT2D eigenvalue weighted by atomic mass is 79.9. The van der Waals surface area contributed by atoms with Gasteiger partial charge >= 0.3 is 0 Å². The summed E-state index contributed by atoms with van der Waals surface area (Å²) < 4.78 is 13.4. The minimum Gasteiger partial charge on any atom is -0.345 e. The van der Waals surface area contributed by atoms with Gasteiger partial charge in [0.25, 0.3) is 0 Å². The number of carbonyl (C=O) groups is 1. The van der Waals surface area contributed by atoms with Crippen LogP contribution in [0, 0.1) is 5.82 Å². The van der Waals surface area contributed by atoms with Crippen LogP contribution in [-0.2, 0) is 11.2 Å². The molecule has 4 heteroatoms. The maximum Gasteiger partial charge on any atom is 0.226 e. The zero-order valence-corrected chi connectivity index (χ0v) is 12.2. The first kappa shape index (κ1) is 15.2. The number of unbranched alkanes of at least 4 members (excludes halogenated alkanes) is 2. The second kappa shape index (κ2) is 8.25. The first-order valence-electron chi connectivity index (χ1n) is 6.18. The largest absolute Gasteiger partial charge is 0.345 e. The van der Waals surface area contributed by atoms with E-state index in [4.69, 9.17) is 0 Å². The summed E-state index contributed by atoms with van der Waals surface area (Å²) >= 11 is 3.38. The molecule has 18 heavy (non-hydrogen) atoms. The number of likely N-dealkylation sites (N-methyl/N-ethyl adjacent to an activating group) is 1. The van der Waals surface area contributed by atoms with E-state index in [-0.39, 0.29) is 18.1 Å². The van der Waals surface area contributed by atoms with Gasteiger partial charge in [-0.25, -0.2) is 4.39 Å². The van der Waals surface area contributed by atoms with E-state index in [1.165, 1.54) is 6.07 Å². The average molecular weight is 316 g/mol. The molecule has 100 valence electrons. The highest BCUT2D eigenvalue weighted by Gasteiger charge is 2.11. The van der Waals surface area contributed by atoms with Gasteiger partial charge in [-0.3, -0.25) is 4.79 Å². The number of nitrogens with zero attached hydrogens (tertiary/aromatic N) is 1. The molecule has 0 spiro atoms. The Kier molecular flexibility index (Phi) is 6.94. The predicted octanol–water partition coefficient (Wildman–Crippen LogP) is 3.39. The number of carbonyl (C=O) groups excluding carboxylic acids is 1. The summed E-state index contributed by atoms with van der Waals surface area (Å²) in [6.07, 6.45) is 3.35. The highest BCUT2D eigenvalue weighted by Crippen LogP contribution is 2.09. The van der Waals surface area contributed by atoms with Crippen LogP contribution in [0.2, 0.25) is 0 Å². The van der Waals surface area contributed by atoms with Crippen molar-refractivity contribution in [2.45, 2.75) is 25.7 Å². The summed E-state index contributed by atoms with van der Waals surface area (Å²) in [6.45, 7) is 0.736. The molecule has 0 fully saturated rings. The zero-order chi connectivity index (χ0) is 13.4. The monoisotopic (exact) mass is 315 g/mol. The van der Waals surface area contributed by atoms with Gasteiger partial charge in [0.15, 0.2) is 0 Å². The molecule has 2 nitrogen and oxygen atoms in total. The van der Waals surface area contributed by atoms with Gasteiger partial charge in [-0.2, -0.15) is 0 Å². The van der Waals surface area contributed by atoms with Crippen LogP contribution in [0.5, 0.6) is 0 Å². The predicted molar refractivity (Wildman–Crippen MR) is 75.4 cm³/mol. The molecular weight excluding hydrogens is 297 g/mol. The van der Waals surface area contributed by atoms with Gasteiger partial charge in [-0.05, 0) is 24.5 Å². The third kappa shape index (κ3) is 5.17. The van der Waals surface area contributed by atoms with E-state index in [9.17, 15) is 9.18 Å². The van der Waals surface area contributed by atoms with Crippen molar-refractivity contribution in [2.75, 3.05) is 18.9 Å². The van der Waals surface area contributed by atoms with Gasteiger partial charge in [0.05, 0.1) is 6.42 Å². The fourth-order valence-corrected chi connectivity index (χ4v) is 2.08. The zero-order valence-electron chi connectivity index (χ0n) is 10.7. The number of halogens is 2. The van der Waals surface area contributed by atoms with Crippen molar-refractivity contribution in [3.8, 4) is 0 Å². The van der Waals surface area contributed by atoms with Crippen molar-refractivity contribution in [3.05, 3.63) is 35.6 Å². The third-order valence-corrected chi connectivity index (χ3v) is 3.41. The van der Waals surface area contributed by atoms with E-state index >= 15 is 0 Å². The summed E-state index contributed by atoms with van der Waals surface area (Å²) in [5.74, 6) is -0.336. The molecule has 1 amide bonds. The lowest BCUT2D eigenvalue weighted by molar-refractivity contribution is -0.129. The Bertz CT molecular complexity index is 384. The molecular formula is C14H19BrFNO. The van der Waals surface area contributed by atoms with Crippen molar-refractivity contribution < 1.29 is 9.18 Å². The quantitative estimate of drug-likeness (QED) is 0.558. The normalized spacial score (nSPS) is 10.4.